The summed E-state index contributed by atoms with van der Waals surface area (Å²) in [5.41, 5.74) is 5.61. The molecule has 2 rings (SSSR count). The maximum Gasteiger partial charge on any atom is 0.274 e. The van der Waals surface area contributed by atoms with Crippen molar-refractivity contribution in [3.63, 3.8) is 0 Å². The molecule has 1 aromatic rings. The van der Waals surface area contributed by atoms with Crippen LogP contribution in [0.15, 0.2) is 6.20 Å². The van der Waals surface area contributed by atoms with Crippen molar-refractivity contribution in [1.82, 2.24) is 15.1 Å². The molecule has 1 heterocycles. The number of carbonyl (C=O) groups is 1. The van der Waals surface area contributed by atoms with E-state index in [2.05, 4.69) is 17.3 Å². The molecule has 0 unspecified atom stereocenters. The molecule has 1 aliphatic carbocycles. The van der Waals surface area contributed by atoms with E-state index in [9.17, 15) is 9.90 Å². The van der Waals surface area contributed by atoms with E-state index in [0.29, 0.717) is 18.2 Å². The van der Waals surface area contributed by atoms with Gasteiger partial charge in [0.05, 0.1) is 11.3 Å². The average Bonchev–Trinajstić information content (AvgIpc) is 2.87. The van der Waals surface area contributed by atoms with Gasteiger partial charge in [-0.2, -0.15) is 5.10 Å². The molecule has 1 aromatic heterocycles. The summed E-state index contributed by atoms with van der Waals surface area (Å²) in [5.74, 6) is 0.391. The lowest BCUT2D eigenvalue weighted by Gasteiger charge is -2.35. The predicted octanol–water partition coefficient (Wildman–Crippen LogP) is 1.55. The van der Waals surface area contributed by atoms with Crippen LogP contribution in [0.5, 0.6) is 0 Å². The fourth-order valence-electron chi connectivity index (χ4n) is 2.90. The standard InChI is InChI=1S/C15H26N4O2/c1-3-11-5-7-15(21,8-6-11)10-17-14(20)13-12(16)9-19(4-2)18-13/h9,11,21H,3-8,10,16H2,1-2H3,(H,17,20). The topological polar surface area (TPSA) is 93.2 Å². The van der Waals surface area contributed by atoms with Crippen molar-refractivity contribution in [2.24, 2.45) is 5.92 Å². The van der Waals surface area contributed by atoms with Gasteiger partial charge in [-0.05, 0) is 38.5 Å². The first-order valence-corrected chi connectivity index (χ1v) is 7.81. The summed E-state index contributed by atoms with van der Waals surface area (Å²) in [4.78, 5) is 12.1. The van der Waals surface area contributed by atoms with Crippen LogP contribution >= 0.6 is 0 Å². The second-order valence-electron chi connectivity index (χ2n) is 6.05. The maximum atomic E-state index is 12.1. The molecule has 1 saturated carbocycles. The largest absolute Gasteiger partial charge is 0.396 e. The van der Waals surface area contributed by atoms with E-state index in [4.69, 9.17) is 5.73 Å². The lowest BCUT2D eigenvalue weighted by atomic mass is 9.78. The quantitative estimate of drug-likeness (QED) is 0.768. The summed E-state index contributed by atoms with van der Waals surface area (Å²) < 4.78 is 1.63. The molecule has 1 fully saturated rings. The monoisotopic (exact) mass is 294 g/mol. The average molecular weight is 294 g/mol. The van der Waals surface area contributed by atoms with Crippen molar-refractivity contribution in [3.8, 4) is 0 Å². The molecular formula is C15H26N4O2. The normalized spacial score (nSPS) is 25.8. The van der Waals surface area contributed by atoms with Crippen LogP contribution in [0.2, 0.25) is 0 Å². The van der Waals surface area contributed by atoms with Crippen molar-refractivity contribution in [2.45, 2.75) is 58.1 Å². The Balaban J connectivity index is 1.90. The van der Waals surface area contributed by atoms with Gasteiger partial charge in [-0.15, -0.1) is 0 Å². The highest BCUT2D eigenvalue weighted by Crippen LogP contribution is 2.33. The number of anilines is 1. The van der Waals surface area contributed by atoms with Crippen LogP contribution in [0.4, 0.5) is 5.69 Å². The molecule has 0 saturated heterocycles. The minimum Gasteiger partial charge on any atom is -0.396 e. The number of nitrogen functional groups attached to an aromatic ring is 1. The van der Waals surface area contributed by atoms with Gasteiger partial charge in [0.15, 0.2) is 5.69 Å². The van der Waals surface area contributed by atoms with Gasteiger partial charge in [-0.1, -0.05) is 13.3 Å². The lowest BCUT2D eigenvalue weighted by Crippen LogP contribution is -2.45. The van der Waals surface area contributed by atoms with Crippen LogP contribution in [-0.4, -0.2) is 32.9 Å². The third-order valence-corrected chi connectivity index (χ3v) is 4.52. The number of nitrogens with one attached hydrogen (secondary N) is 1. The molecule has 21 heavy (non-hydrogen) atoms. The van der Waals surface area contributed by atoms with Gasteiger partial charge >= 0.3 is 0 Å². The first-order chi connectivity index (χ1) is 9.97. The highest BCUT2D eigenvalue weighted by molar-refractivity contribution is 5.97. The second kappa shape index (κ2) is 6.47. The van der Waals surface area contributed by atoms with Crippen LogP contribution in [0, 0.1) is 5.92 Å². The zero-order chi connectivity index (χ0) is 15.5. The fraction of sp³-hybridized carbons (Fsp3) is 0.733. The molecule has 1 aliphatic rings. The molecule has 0 aliphatic heterocycles. The Morgan fingerprint density at radius 2 is 2.19 bits per heavy atom. The van der Waals surface area contributed by atoms with E-state index in [1.54, 1.807) is 10.9 Å². The first-order valence-electron chi connectivity index (χ1n) is 7.81. The summed E-state index contributed by atoms with van der Waals surface area (Å²) >= 11 is 0. The molecule has 118 valence electrons. The highest BCUT2D eigenvalue weighted by Gasteiger charge is 2.33. The maximum absolute atomic E-state index is 12.1. The van der Waals surface area contributed by atoms with Crippen molar-refractivity contribution in [3.05, 3.63) is 11.9 Å². The molecule has 0 radical (unpaired) electrons. The summed E-state index contributed by atoms with van der Waals surface area (Å²) in [6, 6.07) is 0. The van der Waals surface area contributed by atoms with Crippen LogP contribution in [0.3, 0.4) is 0 Å². The fourth-order valence-corrected chi connectivity index (χ4v) is 2.90. The van der Waals surface area contributed by atoms with Gasteiger partial charge in [-0.25, -0.2) is 0 Å². The molecule has 0 aromatic carbocycles. The van der Waals surface area contributed by atoms with E-state index in [-0.39, 0.29) is 18.1 Å². The third-order valence-electron chi connectivity index (χ3n) is 4.52. The summed E-state index contributed by atoms with van der Waals surface area (Å²) in [6.07, 6.45) is 6.34. The molecule has 0 bridgehead atoms. The van der Waals surface area contributed by atoms with E-state index in [1.807, 2.05) is 6.92 Å². The Kier molecular flexibility index (Phi) is 4.88. The molecule has 4 N–H and O–H groups in total. The van der Waals surface area contributed by atoms with Gasteiger partial charge in [0.2, 0.25) is 0 Å². The molecule has 0 atom stereocenters. The Bertz CT molecular complexity index is 490. The molecular weight excluding hydrogens is 268 g/mol. The number of aromatic nitrogens is 2. The Morgan fingerprint density at radius 1 is 1.52 bits per heavy atom. The molecule has 6 heteroatoms. The van der Waals surface area contributed by atoms with Gasteiger partial charge in [-0.3, -0.25) is 9.48 Å². The van der Waals surface area contributed by atoms with Gasteiger partial charge in [0.1, 0.15) is 0 Å². The minimum atomic E-state index is -0.788. The van der Waals surface area contributed by atoms with Gasteiger partial charge < -0.3 is 16.2 Å². The number of nitrogens with zero attached hydrogens (tertiary/aromatic N) is 2. The predicted molar refractivity (Wildman–Crippen MR) is 81.8 cm³/mol. The van der Waals surface area contributed by atoms with E-state index < -0.39 is 5.60 Å². The molecule has 1 amide bonds. The Labute approximate surface area is 125 Å². The summed E-state index contributed by atoms with van der Waals surface area (Å²) in [7, 11) is 0. The van der Waals surface area contributed by atoms with Gasteiger partial charge in [0, 0.05) is 19.3 Å². The lowest BCUT2D eigenvalue weighted by molar-refractivity contribution is -0.00790. The van der Waals surface area contributed by atoms with E-state index in [1.165, 1.54) is 0 Å². The summed E-state index contributed by atoms with van der Waals surface area (Å²) in [5, 5.41) is 17.4. The second-order valence-corrected chi connectivity index (χ2v) is 6.05. The zero-order valence-electron chi connectivity index (χ0n) is 12.9. The SMILES string of the molecule is CCC1CCC(O)(CNC(=O)c2nn(CC)cc2N)CC1. The summed E-state index contributed by atoms with van der Waals surface area (Å²) in [6.45, 7) is 5.05. The Morgan fingerprint density at radius 3 is 2.71 bits per heavy atom. The smallest absolute Gasteiger partial charge is 0.274 e. The van der Waals surface area contributed by atoms with Crippen molar-refractivity contribution < 1.29 is 9.90 Å². The van der Waals surface area contributed by atoms with Crippen LogP contribution < -0.4 is 11.1 Å². The van der Waals surface area contributed by atoms with E-state index in [0.717, 1.165) is 32.1 Å². The number of aryl methyl sites for hydroxylation is 1. The van der Waals surface area contributed by atoms with Crippen molar-refractivity contribution >= 4 is 11.6 Å². The highest BCUT2D eigenvalue weighted by atomic mass is 16.3. The number of amides is 1. The number of hydrogen-bond acceptors (Lipinski definition) is 4. The minimum absolute atomic E-state index is 0.239. The number of aliphatic hydroxyl groups is 1. The molecule has 0 spiro atoms. The zero-order valence-corrected chi connectivity index (χ0v) is 12.9. The number of hydrogen-bond donors (Lipinski definition) is 3. The van der Waals surface area contributed by atoms with Gasteiger partial charge in [0.25, 0.3) is 5.91 Å². The third kappa shape index (κ3) is 3.75. The number of carbonyl (C=O) groups excluding carboxylic acids is 1. The number of nitrogens with two attached hydrogens (primary N) is 1. The van der Waals surface area contributed by atoms with Crippen molar-refractivity contribution in [1.29, 1.82) is 0 Å². The Hall–Kier alpha value is -1.56. The van der Waals surface area contributed by atoms with Crippen molar-refractivity contribution in [2.75, 3.05) is 12.3 Å². The molecule has 6 nitrogen and oxygen atoms in total. The van der Waals surface area contributed by atoms with Crippen LogP contribution in [0.25, 0.3) is 0 Å². The van der Waals surface area contributed by atoms with Crippen LogP contribution in [0.1, 0.15) is 56.4 Å². The first kappa shape index (κ1) is 15.8. The van der Waals surface area contributed by atoms with E-state index >= 15 is 0 Å². The van der Waals surface area contributed by atoms with Crippen LogP contribution in [-0.2, 0) is 6.54 Å². The number of rotatable bonds is 5.